The van der Waals surface area contributed by atoms with Gasteiger partial charge in [0.05, 0.1) is 5.56 Å². The van der Waals surface area contributed by atoms with Crippen LogP contribution in [0.2, 0.25) is 0 Å². The van der Waals surface area contributed by atoms with E-state index in [0.717, 1.165) is 11.1 Å². The molecule has 6 heteroatoms. The Kier molecular flexibility index (Phi) is 6.75. The van der Waals surface area contributed by atoms with Crippen molar-refractivity contribution in [1.29, 1.82) is 0 Å². The molecule has 1 heterocycles. The van der Waals surface area contributed by atoms with E-state index in [1.807, 2.05) is 34.0 Å². The van der Waals surface area contributed by atoms with Gasteiger partial charge in [-0.2, -0.15) is 5.10 Å². The van der Waals surface area contributed by atoms with E-state index < -0.39 is 6.04 Å². The van der Waals surface area contributed by atoms with E-state index in [1.54, 1.807) is 23.9 Å². The molecule has 0 aliphatic rings. The molecule has 0 radical (unpaired) electrons. The van der Waals surface area contributed by atoms with Crippen LogP contribution >= 0.6 is 0 Å². The highest BCUT2D eigenvalue weighted by Gasteiger charge is 2.14. The summed E-state index contributed by atoms with van der Waals surface area (Å²) < 4.78 is 1.70. The normalized spacial score (nSPS) is 13.7. The number of hydrogen-bond donors (Lipinski definition) is 1. The lowest BCUT2D eigenvalue weighted by Crippen LogP contribution is -2.13. The van der Waals surface area contributed by atoms with Crippen LogP contribution in [0.1, 0.15) is 39.0 Å². The van der Waals surface area contributed by atoms with Crippen LogP contribution < -0.4 is 5.32 Å². The first-order valence-electron chi connectivity index (χ1n) is 8.02. The molecule has 0 saturated carbocycles. The second-order valence-corrected chi connectivity index (χ2v) is 6.73. The van der Waals surface area contributed by atoms with Gasteiger partial charge in [0, 0.05) is 48.8 Å². The van der Waals surface area contributed by atoms with Crippen molar-refractivity contribution < 1.29 is 4.92 Å². The van der Waals surface area contributed by atoms with E-state index in [1.165, 1.54) is 13.0 Å². The molecule has 0 aliphatic heterocycles. The minimum Gasteiger partial charge on any atom is -0.388 e. The molecule has 1 aromatic heterocycles. The number of nitro groups is 1. The molecule has 1 atom stereocenters. The van der Waals surface area contributed by atoms with Crippen LogP contribution in [0.25, 0.3) is 5.57 Å². The number of rotatable bonds is 6. The summed E-state index contributed by atoms with van der Waals surface area (Å²) in [6.07, 6.45) is 6.74. The highest BCUT2D eigenvalue weighted by atomic mass is 16.6. The van der Waals surface area contributed by atoms with Crippen LogP contribution in [0.15, 0.2) is 36.7 Å². The molecular formula is C19H26N4O2. The minimum atomic E-state index is -0.779. The lowest BCUT2D eigenvalue weighted by atomic mass is 9.97. The van der Waals surface area contributed by atoms with Gasteiger partial charge < -0.3 is 5.32 Å². The van der Waals surface area contributed by atoms with Crippen molar-refractivity contribution in [2.75, 3.05) is 7.05 Å². The first-order valence-corrected chi connectivity index (χ1v) is 8.02. The molecule has 0 aromatic carbocycles. The van der Waals surface area contributed by atoms with Gasteiger partial charge in [-0.05, 0) is 32.9 Å². The third-order valence-corrected chi connectivity index (χ3v) is 3.29. The second kappa shape index (κ2) is 8.34. The summed E-state index contributed by atoms with van der Waals surface area (Å²) in [6.45, 7) is 11.5. The summed E-state index contributed by atoms with van der Waals surface area (Å²) in [6, 6.07) is -0.779. The SMILES string of the molecule is C=C/C(=C(\C=C/C(C)[N+](=O)[O-])NC)c1nn(C)cc1C#CC(C)(C)C. The van der Waals surface area contributed by atoms with Crippen molar-refractivity contribution in [2.24, 2.45) is 12.5 Å². The predicted molar refractivity (Wildman–Crippen MR) is 101 cm³/mol. The van der Waals surface area contributed by atoms with Crippen molar-refractivity contribution in [2.45, 2.75) is 33.7 Å². The Morgan fingerprint density at radius 2 is 2.16 bits per heavy atom. The Labute approximate surface area is 149 Å². The van der Waals surface area contributed by atoms with Crippen molar-refractivity contribution in [3.63, 3.8) is 0 Å². The third kappa shape index (κ3) is 5.96. The molecule has 1 N–H and O–H groups in total. The number of likely N-dealkylation sites (N-methyl/N-ethyl adjacent to an activating group) is 1. The summed E-state index contributed by atoms with van der Waals surface area (Å²) in [5.41, 5.74) is 2.79. The first kappa shape index (κ1) is 20.2. The molecule has 0 spiro atoms. The van der Waals surface area contributed by atoms with Crippen molar-refractivity contribution in [3.05, 3.63) is 58.1 Å². The number of allylic oxidation sites excluding steroid dienone is 3. The van der Waals surface area contributed by atoms with Gasteiger partial charge >= 0.3 is 0 Å². The summed E-state index contributed by atoms with van der Waals surface area (Å²) in [7, 11) is 3.58. The van der Waals surface area contributed by atoms with E-state index in [-0.39, 0.29) is 10.3 Å². The zero-order chi connectivity index (χ0) is 19.2. The van der Waals surface area contributed by atoms with Gasteiger partial charge in [0.2, 0.25) is 6.04 Å². The number of aromatic nitrogens is 2. The maximum Gasteiger partial charge on any atom is 0.228 e. The van der Waals surface area contributed by atoms with Crippen LogP contribution in [0.4, 0.5) is 0 Å². The van der Waals surface area contributed by atoms with Crippen LogP contribution in [-0.2, 0) is 7.05 Å². The van der Waals surface area contributed by atoms with E-state index in [2.05, 4.69) is 28.8 Å². The Morgan fingerprint density at radius 3 is 2.64 bits per heavy atom. The molecule has 1 rings (SSSR count). The van der Waals surface area contributed by atoms with E-state index in [0.29, 0.717) is 11.4 Å². The molecule has 25 heavy (non-hydrogen) atoms. The Hall–Kier alpha value is -2.81. The summed E-state index contributed by atoms with van der Waals surface area (Å²) in [5.74, 6) is 6.38. The lowest BCUT2D eigenvalue weighted by molar-refractivity contribution is -0.504. The molecule has 0 saturated heterocycles. The fraction of sp³-hybridized carbons (Fsp3) is 0.421. The molecule has 6 nitrogen and oxygen atoms in total. The summed E-state index contributed by atoms with van der Waals surface area (Å²) in [4.78, 5) is 10.5. The zero-order valence-corrected chi connectivity index (χ0v) is 15.8. The number of nitrogens with zero attached hydrogens (tertiary/aromatic N) is 3. The maximum absolute atomic E-state index is 10.8. The van der Waals surface area contributed by atoms with Crippen molar-refractivity contribution >= 4 is 5.57 Å². The highest BCUT2D eigenvalue weighted by Crippen LogP contribution is 2.22. The smallest absolute Gasteiger partial charge is 0.228 e. The van der Waals surface area contributed by atoms with Gasteiger partial charge in [0.15, 0.2) is 0 Å². The topological polar surface area (TPSA) is 73.0 Å². The molecular weight excluding hydrogens is 316 g/mol. The van der Waals surface area contributed by atoms with Gasteiger partial charge in [-0.25, -0.2) is 0 Å². The van der Waals surface area contributed by atoms with Crippen LogP contribution in [0.3, 0.4) is 0 Å². The molecule has 0 fully saturated rings. The Balaban J connectivity index is 3.44. The van der Waals surface area contributed by atoms with Crippen LogP contribution in [0, 0.1) is 27.4 Å². The minimum absolute atomic E-state index is 0.127. The van der Waals surface area contributed by atoms with Gasteiger partial charge in [0.25, 0.3) is 0 Å². The quantitative estimate of drug-likeness (QED) is 0.373. The fourth-order valence-electron chi connectivity index (χ4n) is 1.98. The Morgan fingerprint density at radius 1 is 1.52 bits per heavy atom. The standard InChI is InChI=1S/C19H26N4O2/c1-8-16(17(20-6)10-9-14(2)23(24)25)18-15(13-22(7)21-18)11-12-19(3,4)5/h8-10,13-14,20H,1H2,2-7H3/b10-9-,17-16-. The number of hydrogen-bond acceptors (Lipinski definition) is 4. The fourth-order valence-corrected chi connectivity index (χ4v) is 1.98. The maximum atomic E-state index is 10.8. The first-order chi connectivity index (χ1) is 11.6. The molecule has 1 unspecified atom stereocenters. The van der Waals surface area contributed by atoms with E-state index in [9.17, 15) is 10.1 Å². The highest BCUT2D eigenvalue weighted by molar-refractivity contribution is 5.78. The summed E-state index contributed by atoms with van der Waals surface area (Å²) >= 11 is 0. The van der Waals surface area contributed by atoms with Crippen LogP contribution in [0.5, 0.6) is 0 Å². The van der Waals surface area contributed by atoms with Gasteiger partial charge in [-0.15, -0.1) is 0 Å². The average molecular weight is 342 g/mol. The largest absolute Gasteiger partial charge is 0.388 e. The summed E-state index contributed by atoms with van der Waals surface area (Å²) in [5, 5.41) is 18.4. The molecule has 0 bridgehead atoms. The average Bonchev–Trinajstić information content (AvgIpc) is 2.88. The third-order valence-electron chi connectivity index (χ3n) is 3.29. The molecule has 0 aliphatic carbocycles. The Bertz CT molecular complexity index is 768. The van der Waals surface area contributed by atoms with Crippen molar-refractivity contribution in [3.8, 4) is 11.8 Å². The van der Waals surface area contributed by atoms with Gasteiger partial charge in [-0.3, -0.25) is 14.8 Å². The number of nitrogens with one attached hydrogen (secondary N) is 1. The predicted octanol–water partition coefficient (Wildman–Crippen LogP) is 3.16. The van der Waals surface area contributed by atoms with Gasteiger partial charge in [0.1, 0.15) is 5.69 Å². The van der Waals surface area contributed by atoms with Gasteiger partial charge in [-0.1, -0.05) is 24.5 Å². The number of aryl methyl sites for hydroxylation is 1. The molecule has 1 aromatic rings. The van der Waals surface area contributed by atoms with Crippen molar-refractivity contribution in [1.82, 2.24) is 15.1 Å². The monoisotopic (exact) mass is 342 g/mol. The molecule has 0 amide bonds. The van der Waals surface area contributed by atoms with E-state index >= 15 is 0 Å². The van der Waals surface area contributed by atoms with Crippen LogP contribution in [-0.4, -0.2) is 27.8 Å². The second-order valence-electron chi connectivity index (χ2n) is 6.73. The zero-order valence-electron chi connectivity index (χ0n) is 15.8. The molecule has 134 valence electrons. The van der Waals surface area contributed by atoms with E-state index in [4.69, 9.17) is 0 Å². The lowest BCUT2D eigenvalue weighted by Gasteiger charge is -2.09.